The van der Waals surface area contributed by atoms with Gasteiger partial charge in [-0.1, -0.05) is 0 Å². The number of morpholine rings is 1. The Hall–Kier alpha value is -0.260. The molecule has 0 aromatic heterocycles. The van der Waals surface area contributed by atoms with Crippen molar-refractivity contribution >= 4 is 47.6 Å². The average molecular weight is 485 g/mol. The second-order valence-electron chi connectivity index (χ2n) is 6.35. The van der Waals surface area contributed by atoms with Crippen LogP contribution >= 0.6 is 35.7 Å². The molecule has 2 fully saturated rings. The Morgan fingerprint density at radius 3 is 2.72 bits per heavy atom. The monoisotopic (exact) mass is 485 g/mol. The van der Waals surface area contributed by atoms with Crippen LogP contribution in [-0.4, -0.2) is 99.2 Å². The Morgan fingerprint density at radius 2 is 2.08 bits per heavy atom. The fourth-order valence-corrected chi connectivity index (χ4v) is 3.84. The molecule has 0 aromatic carbocycles. The first kappa shape index (κ1) is 22.8. The number of ether oxygens (including phenoxy) is 1. The van der Waals surface area contributed by atoms with Crippen LogP contribution in [0.4, 0.5) is 0 Å². The minimum Gasteiger partial charge on any atom is -0.379 e. The largest absolute Gasteiger partial charge is 0.379 e. The molecule has 2 N–H and O–H groups in total. The molecule has 2 aliphatic heterocycles. The molecule has 7 nitrogen and oxygen atoms in total. The van der Waals surface area contributed by atoms with Gasteiger partial charge in [0.05, 0.1) is 13.2 Å². The van der Waals surface area contributed by atoms with E-state index in [1.807, 2.05) is 11.8 Å². The van der Waals surface area contributed by atoms with E-state index in [0.29, 0.717) is 5.25 Å². The highest BCUT2D eigenvalue weighted by Crippen LogP contribution is 2.25. The zero-order valence-electron chi connectivity index (χ0n) is 15.3. The van der Waals surface area contributed by atoms with Crippen LogP contribution < -0.4 is 10.6 Å². The standard InChI is InChI=1S/C16H31N5O2S.HI/c1-20(2)15(22)13-19-16(18-12-14-4-3-11-24-14)17-5-6-21-7-9-23-10-8-21;/h14H,3-13H2,1-2H3,(H2,17,18,19);1H. The summed E-state index contributed by atoms with van der Waals surface area (Å²) in [7, 11) is 3.51. The summed E-state index contributed by atoms with van der Waals surface area (Å²) in [4.78, 5) is 20.2. The quantitative estimate of drug-likeness (QED) is 0.310. The van der Waals surface area contributed by atoms with Crippen LogP contribution in [0.15, 0.2) is 4.99 Å². The van der Waals surface area contributed by atoms with Crippen molar-refractivity contribution in [1.82, 2.24) is 20.4 Å². The van der Waals surface area contributed by atoms with Gasteiger partial charge in [-0.25, -0.2) is 4.99 Å². The zero-order chi connectivity index (χ0) is 17.2. The summed E-state index contributed by atoms with van der Waals surface area (Å²) in [6.45, 7) is 6.47. The van der Waals surface area contributed by atoms with Gasteiger partial charge in [-0.3, -0.25) is 9.69 Å². The van der Waals surface area contributed by atoms with Crippen molar-refractivity contribution in [3.05, 3.63) is 0 Å². The van der Waals surface area contributed by atoms with Gasteiger partial charge in [0.2, 0.25) is 5.91 Å². The first-order valence-electron chi connectivity index (χ1n) is 8.79. The Morgan fingerprint density at radius 1 is 1.32 bits per heavy atom. The van der Waals surface area contributed by atoms with Crippen LogP contribution in [0, 0.1) is 0 Å². The highest BCUT2D eigenvalue weighted by Gasteiger charge is 2.16. The zero-order valence-corrected chi connectivity index (χ0v) is 18.5. The molecule has 0 aliphatic carbocycles. The minimum atomic E-state index is 0. The Kier molecular flexibility index (Phi) is 11.8. The Balaban J connectivity index is 0.00000312. The maximum Gasteiger partial charge on any atom is 0.243 e. The van der Waals surface area contributed by atoms with E-state index in [0.717, 1.165) is 51.9 Å². The third kappa shape index (κ3) is 9.30. The molecule has 0 spiro atoms. The molecular formula is C16H32IN5O2S. The van der Waals surface area contributed by atoms with E-state index in [-0.39, 0.29) is 36.4 Å². The van der Waals surface area contributed by atoms with Crippen molar-refractivity contribution in [3.8, 4) is 0 Å². The molecule has 2 rings (SSSR count). The number of nitrogens with one attached hydrogen (secondary N) is 2. The van der Waals surface area contributed by atoms with E-state index < -0.39 is 0 Å². The van der Waals surface area contributed by atoms with Crippen molar-refractivity contribution in [2.75, 3.05) is 72.3 Å². The van der Waals surface area contributed by atoms with Crippen LogP contribution in [0.3, 0.4) is 0 Å². The molecule has 0 bridgehead atoms. The Labute approximate surface area is 172 Å². The van der Waals surface area contributed by atoms with E-state index >= 15 is 0 Å². The lowest BCUT2D eigenvalue weighted by Gasteiger charge is -2.27. The smallest absolute Gasteiger partial charge is 0.243 e. The number of carbonyl (C=O) groups excluding carboxylic acids is 1. The van der Waals surface area contributed by atoms with E-state index in [2.05, 4.69) is 20.5 Å². The van der Waals surface area contributed by atoms with Gasteiger partial charge in [-0.15, -0.1) is 24.0 Å². The number of amides is 1. The third-order valence-corrected chi connectivity index (χ3v) is 5.61. The number of aliphatic imine (C=N–C) groups is 1. The fraction of sp³-hybridized carbons (Fsp3) is 0.875. The second-order valence-corrected chi connectivity index (χ2v) is 7.76. The molecule has 2 saturated heterocycles. The summed E-state index contributed by atoms with van der Waals surface area (Å²) < 4.78 is 5.37. The lowest BCUT2D eigenvalue weighted by molar-refractivity contribution is -0.127. The molecule has 1 amide bonds. The molecule has 2 heterocycles. The fourth-order valence-electron chi connectivity index (χ4n) is 2.64. The van der Waals surface area contributed by atoms with Gasteiger partial charge in [-0.2, -0.15) is 11.8 Å². The predicted octanol–water partition coefficient (Wildman–Crippen LogP) is 0.456. The molecule has 9 heteroatoms. The van der Waals surface area contributed by atoms with Gasteiger partial charge in [-0.05, 0) is 18.6 Å². The molecule has 2 aliphatic rings. The first-order chi connectivity index (χ1) is 11.6. The highest BCUT2D eigenvalue weighted by molar-refractivity contribution is 14.0. The minimum absolute atomic E-state index is 0. The number of thioether (sulfide) groups is 1. The van der Waals surface area contributed by atoms with Crippen LogP contribution in [0.2, 0.25) is 0 Å². The predicted molar refractivity (Wildman–Crippen MR) is 115 cm³/mol. The number of guanidine groups is 1. The topological polar surface area (TPSA) is 69.2 Å². The molecule has 25 heavy (non-hydrogen) atoms. The summed E-state index contributed by atoms with van der Waals surface area (Å²) in [5, 5.41) is 7.41. The molecule has 1 unspecified atom stereocenters. The van der Waals surface area contributed by atoms with Crippen LogP contribution in [0.25, 0.3) is 0 Å². The van der Waals surface area contributed by atoms with Crippen LogP contribution in [0.1, 0.15) is 12.8 Å². The maximum atomic E-state index is 11.8. The number of carbonyl (C=O) groups is 1. The number of halogens is 1. The van der Waals surface area contributed by atoms with Gasteiger partial charge in [0.1, 0.15) is 6.54 Å². The summed E-state index contributed by atoms with van der Waals surface area (Å²) in [5.74, 6) is 2.01. The van der Waals surface area contributed by atoms with Gasteiger partial charge in [0.15, 0.2) is 5.96 Å². The van der Waals surface area contributed by atoms with E-state index in [4.69, 9.17) is 4.74 Å². The summed E-state index contributed by atoms with van der Waals surface area (Å²) in [6, 6.07) is 0. The van der Waals surface area contributed by atoms with Gasteiger partial charge in [0.25, 0.3) is 0 Å². The maximum absolute atomic E-state index is 11.8. The van der Waals surface area contributed by atoms with Gasteiger partial charge < -0.3 is 20.3 Å². The summed E-state index contributed by atoms with van der Waals surface area (Å²) >= 11 is 2.02. The lowest BCUT2D eigenvalue weighted by atomic mass is 10.2. The average Bonchev–Trinajstić information content (AvgIpc) is 3.10. The van der Waals surface area contributed by atoms with Crippen LogP contribution in [-0.2, 0) is 9.53 Å². The van der Waals surface area contributed by atoms with Gasteiger partial charge >= 0.3 is 0 Å². The first-order valence-corrected chi connectivity index (χ1v) is 9.84. The molecule has 0 radical (unpaired) electrons. The second kappa shape index (κ2) is 13.0. The SMILES string of the molecule is CN(C)C(=O)CN=C(NCCN1CCOCC1)NCC1CCCS1.I. The van der Waals surface area contributed by atoms with Crippen molar-refractivity contribution in [2.45, 2.75) is 18.1 Å². The lowest BCUT2D eigenvalue weighted by Crippen LogP contribution is -2.45. The third-order valence-electron chi connectivity index (χ3n) is 4.22. The molecule has 0 aromatic rings. The Bertz CT molecular complexity index is 413. The van der Waals surface area contributed by atoms with Crippen LogP contribution in [0.5, 0.6) is 0 Å². The number of hydrogen-bond acceptors (Lipinski definition) is 5. The molecule has 0 saturated carbocycles. The van der Waals surface area contributed by atoms with E-state index in [1.165, 1.54) is 18.6 Å². The summed E-state index contributed by atoms with van der Waals surface area (Å²) in [5.41, 5.74) is 0. The molecular weight excluding hydrogens is 453 g/mol. The number of likely N-dealkylation sites (N-methyl/N-ethyl adjacent to an activating group) is 1. The van der Waals surface area contributed by atoms with Gasteiger partial charge in [0, 0.05) is 52.1 Å². The van der Waals surface area contributed by atoms with Crippen molar-refractivity contribution < 1.29 is 9.53 Å². The normalized spacial score (nSPS) is 21.5. The van der Waals surface area contributed by atoms with Crippen molar-refractivity contribution in [2.24, 2.45) is 4.99 Å². The number of nitrogens with zero attached hydrogens (tertiary/aromatic N) is 3. The van der Waals surface area contributed by atoms with Crippen molar-refractivity contribution in [1.29, 1.82) is 0 Å². The van der Waals surface area contributed by atoms with E-state index in [1.54, 1.807) is 19.0 Å². The highest BCUT2D eigenvalue weighted by atomic mass is 127. The number of rotatable bonds is 7. The van der Waals surface area contributed by atoms with Crippen molar-refractivity contribution in [3.63, 3.8) is 0 Å². The molecule has 146 valence electrons. The number of hydrogen-bond donors (Lipinski definition) is 2. The summed E-state index contributed by atoms with van der Waals surface area (Å²) in [6.07, 6.45) is 2.56. The molecule has 1 atom stereocenters. The van der Waals surface area contributed by atoms with E-state index in [9.17, 15) is 4.79 Å².